The van der Waals surface area contributed by atoms with Crippen LogP contribution in [0, 0.1) is 13.8 Å². The number of nitrogens with one attached hydrogen (secondary N) is 2. The van der Waals surface area contributed by atoms with Crippen LogP contribution in [0.1, 0.15) is 38.1 Å². The highest BCUT2D eigenvalue weighted by molar-refractivity contribution is 7.16. The average molecular weight is 453 g/mol. The van der Waals surface area contributed by atoms with E-state index in [2.05, 4.69) is 10.6 Å². The Bertz CT molecular complexity index is 988. The maximum Gasteiger partial charge on any atom is 0.341 e. The van der Waals surface area contributed by atoms with E-state index in [1.54, 1.807) is 25.1 Å². The molecule has 0 saturated heterocycles. The Kier molecular flexibility index (Phi) is 7.96. The minimum atomic E-state index is -1.00. The molecule has 0 aliphatic rings. The highest BCUT2D eigenvalue weighted by atomic mass is 35.5. The summed E-state index contributed by atoms with van der Waals surface area (Å²) < 4.78 is 9.70. The summed E-state index contributed by atoms with van der Waals surface area (Å²) in [4.78, 5) is 49.3. The van der Waals surface area contributed by atoms with Gasteiger partial charge in [-0.3, -0.25) is 9.59 Å². The SMILES string of the molecule is COC(=O)c1c(NC(=O)COC(=O)C(C)NC(=O)c2ccccc2Cl)sc(C)c1C. The van der Waals surface area contributed by atoms with Gasteiger partial charge in [-0.2, -0.15) is 0 Å². The number of hydrogen-bond acceptors (Lipinski definition) is 7. The van der Waals surface area contributed by atoms with Gasteiger partial charge in [-0.25, -0.2) is 9.59 Å². The molecular formula is C20H21ClN2O6S. The molecule has 2 amide bonds. The summed E-state index contributed by atoms with van der Waals surface area (Å²) in [5.74, 6) is -2.53. The molecule has 0 fully saturated rings. The van der Waals surface area contributed by atoms with Crippen LogP contribution in [0.2, 0.25) is 5.02 Å². The van der Waals surface area contributed by atoms with Gasteiger partial charge >= 0.3 is 11.9 Å². The van der Waals surface area contributed by atoms with Crippen molar-refractivity contribution < 1.29 is 28.7 Å². The summed E-state index contributed by atoms with van der Waals surface area (Å²) >= 11 is 7.18. The predicted molar refractivity (Wildman–Crippen MR) is 113 cm³/mol. The molecule has 8 nitrogen and oxygen atoms in total. The van der Waals surface area contributed by atoms with E-state index in [0.29, 0.717) is 10.6 Å². The zero-order chi connectivity index (χ0) is 22.4. The molecule has 1 heterocycles. The van der Waals surface area contributed by atoms with Gasteiger partial charge < -0.3 is 20.1 Å². The minimum absolute atomic E-state index is 0.218. The number of esters is 2. The molecule has 160 valence electrons. The number of thiophene rings is 1. The molecule has 2 rings (SSSR count). The first-order valence-corrected chi connectivity index (χ1v) is 10.0. The molecule has 1 unspecified atom stereocenters. The summed E-state index contributed by atoms with van der Waals surface area (Å²) in [6, 6.07) is 5.40. The number of amides is 2. The first kappa shape index (κ1) is 23.4. The van der Waals surface area contributed by atoms with E-state index in [-0.39, 0.29) is 16.1 Å². The second kappa shape index (κ2) is 10.2. The van der Waals surface area contributed by atoms with Gasteiger partial charge in [-0.15, -0.1) is 11.3 Å². The number of rotatable bonds is 7. The minimum Gasteiger partial charge on any atom is -0.465 e. The fourth-order valence-corrected chi connectivity index (χ4v) is 3.75. The average Bonchev–Trinajstić information content (AvgIpc) is 2.98. The molecule has 2 N–H and O–H groups in total. The van der Waals surface area contributed by atoms with Crippen molar-refractivity contribution in [1.82, 2.24) is 5.32 Å². The van der Waals surface area contributed by atoms with Crippen molar-refractivity contribution in [2.45, 2.75) is 26.8 Å². The number of methoxy groups -OCH3 is 1. The van der Waals surface area contributed by atoms with E-state index in [9.17, 15) is 19.2 Å². The lowest BCUT2D eigenvalue weighted by atomic mass is 10.1. The lowest BCUT2D eigenvalue weighted by Crippen LogP contribution is -2.40. The zero-order valence-corrected chi connectivity index (χ0v) is 18.4. The predicted octanol–water partition coefficient (Wildman–Crippen LogP) is 3.11. The smallest absolute Gasteiger partial charge is 0.341 e. The summed E-state index contributed by atoms with van der Waals surface area (Å²) in [7, 11) is 1.25. The molecule has 1 aromatic carbocycles. The molecule has 0 aliphatic carbocycles. The van der Waals surface area contributed by atoms with Crippen molar-refractivity contribution in [1.29, 1.82) is 0 Å². The van der Waals surface area contributed by atoms with Crippen LogP contribution in [-0.4, -0.2) is 43.5 Å². The maximum absolute atomic E-state index is 12.2. The molecule has 0 aliphatic heterocycles. The summed E-state index contributed by atoms with van der Waals surface area (Å²) in [6.45, 7) is 4.40. The second-order valence-corrected chi connectivity index (χ2v) is 7.94. The Balaban J connectivity index is 1.93. The first-order valence-electron chi connectivity index (χ1n) is 8.85. The van der Waals surface area contributed by atoms with E-state index >= 15 is 0 Å². The molecule has 0 spiro atoms. The number of aryl methyl sites for hydroxylation is 1. The van der Waals surface area contributed by atoms with Crippen LogP contribution >= 0.6 is 22.9 Å². The van der Waals surface area contributed by atoms with Crippen LogP contribution in [0.3, 0.4) is 0 Å². The Morgan fingerprint density at radius 2 is 1.83 bits per heavy atom. The molecule has 0 saturated carbocycles. The number of ether oxygens (including phenoxy) is 2. The monoisotopic (exact) mass is 452 g/mol. The van der Waals surface area contributed by atoms with Crippen LogP contribution in [0.25, 0.3) is 0 Å². The van der Waals surface area contributed by atoms with Gasteiger partial charge in [-0.05, 0) is 38.5 Å². The topological polar surface area (TPSA) is 111 Å². The molecular weight excluding hydrogens is 432 g/mol. The number of carbonyl (C=O) groups excluding carboxylic acids is 4. The highest BCUT2D eigenvalue weighted by Crippen LogP contribution is 2.32. The van der Waals surface area contributed by atoms with Crippen molar-refractivity contribution in [2.75, 3.05) is 19.0 Å². The molecule has 2 aromatic rings. The van der Waals surface area contributed by atoms with Gasteiger partial charge in [0.05, 0.1) is 23.3 Å². The van der Waals surface area contributed by atoms with Crippen molar-refractivity contribution in [3.8, 4) is 0 Å². The van der Waals surface area contributed by atoms with Crippen LogP contribution in [0.4, 0.5) is 5.00 Å². The number of anilines is 1. The Morgan fingerprint density at radius 1 is 1.17 bits per heavy atom. The summed E-state index contributed by atoms with van der Waals surface area (Å²) in [5, 5.41) is 5.58. The van der Waals surface area contributed by atoms with Gasteiger partial charge in [0.2, 0.25) is 0 Å². The third-order valence-electron chi connectivity index (χ3n) is 4.19. The highest BCUT2D eigenvalue weighted by Gasteiger charge is 2.23. The van der Waals surface area contributed by atoms with Crippen molar-refractivity contribution in [3.05, 3.63) is 50.9 Å². The number of carbonyl (C=O) groups is 4. The Labute approximate surface area is 182 Å². The zero-order valence-electron chi connectivity index (χ0n) is 16.8. The van der Waals surface area contributed by atoms with Crippen LogP contribution in [0.15, 0.2) is 24.3 Å². The standard InChI is InChI=1S/C20H21ClN2O6S/c1-10-12(3)30-18(16(10)20(27)28-4)23-15(24)9-29-19(26)11(2)22-17(25)13-7-5-6-8-14(13)21/h5-8,11H,9H2,1-4H3,(H,22,25)(H,23,24). The van der Waals surface area contributed by atoms with Crippen molar-refractivity contribution >= 4 is 51.7 Å². The van der Waals surface area contributed by atoms with Crippen LogP contribution in [-0.2, 0) is 19.1 Å². The molecule has 0 radical (unpaired) electrons. The van der Waals surface area contributed by atoms with Gasteiger partial charge in [0.1, 0.15) is 11.0 Å². The fraction of sp³-hybridized carbons (Fsp3) is 0.300. The molecule has 30 heavy (non-hydrogen) atoms. The van der Waals surface area contributed by atoms with E-state index in [1.807, 2.05) is 6.92 Å². The number of benzene rings is 1. The maximum atomic E-state index is 12.2. The summed E-state index contributed by atoms with van der Waals surface area (Å²) in [6.07, 6.45) is 0. The molecule has 10 heteroatoms. The lowest BCUT2D eigenvalue weighted by Gasteiger charge is -2.14. The van der Waals surface area contributed by atoms with Gasteiger partial charge in [0.15, 0.2) is 6.61 Å². The lowest BCUT2D eigenvalue weighted by molar-refractivity contribution is -0.148. The second-order valence-electron chi connectivity index (χ2n) is 6.31. The van der Waals surface area contributed by atoms with Crippen LogP contribution in [0.5, 0.6) is 0 Å². The fourth-order valence-electron chi connectivity index (χ4n) is 2.47. The third-order valence-corrected chi connectivity index (χ3v) is 5.65. The number of halogens is 1. The van der Waals surface area contributed by atoms with Crippen molar-refractivity contribution in [3.63, 3.8) is 0 Å². The molecule has 1 aromatic heterocycles. The van der Waals surface area contributed by atoms with E-state index in [1.165, 1.54) is 31.4 Å². The van der Waals surface area contributed by atoms with Gasteiger partial charge in [0, 0.05) is 4.88 Å². The van der Waals surface area contributed by atoms with E-state index in [0.717, 1.165) is 4.88 Å². The van der Waals surface area contributed by atoms with E-state index in [4.69, 9.17) is 21.1 Å². The number of hydrogen-bond donors (Lipinski definition) is 2. The quantitative estimate of drug-likeness (QED) is 0.624. The van der Waals surface area contributed by atoms with Crippen molar-refractivity contribution in [2.24, 2.45) is 0 Å². The Morgan fingerprint density at radius 3 is 2.47 bits per heavy atom. The molecule has 0 bridgehead atoms. The first-order chi connectivity index (χ1) is 14.1. The van der Waals surface area contributed by atoms with Gasteiger partial charge in [-0.1, -0.05) is 23.7 Å². The molecule has 1 atom stereocenters. The Hall–Kier alpha value is -2.91. The van der Waals surface area contributed by atoms with E-state index < -0.39 is 36.4 Å². The summed E-state index contributed by atoms with van der Waals surface area (Å²) in [5.41, 5.74) is 1.19. The normalized spacial score (nSPS) is 11.4. The third kappa shape index (κ3) is 5.58. The van der Waals surface area contributed by atoms with Crippen LogP contribution < -0.4 is 10.6 Å². The van der Waals surface area contributed by atoms with Gasteiger partial charge in [0.25, 0.3) is 11.8 Å². The largest absolute Gasteiger partial charge is 0.465 e.